The van der Waals surface area contributed by atoms with Crippen LogP contribution in [0.4, 0.5) is 14.5 Å². The summed E-state index contributed by atoms with van der Waals surface area (Å²) in [6.07, 6.45) is 0. The molecule has 0 radical (unpaired) electrons. The van der Waals surface area contributed by atoms with E-state index in [9.17, 15) is 8.78 Å². The second-order valence-electron chi connectivity index (χ2n) is 4.00. The predicted octanol–water partition coefficient (Wildman–Crippen LogP) is 3.04. The standard InChI is InChI=1S/C14H14F2N2/c15-13-6-5-12(7-14(13)16)18-9-11-3-1-10(8-17)2-4-11/h1-7,18H,8-9,17H2. The number of hydrogen-bond acceptors (Lipinski definition) is 2. The Morgan fingerprint density at radius 1 is 0.889 bits per heavy atom. The van der Waals surface area contributed by atoms with Gasteiger partial charge in [0.2, 0.25) is 0 Å². The van der Waals surface area contributed by atoms with Gasteiger partial charge in [-0.05, 0) is 23.3 Å². The summed E-state index contributed by atoms with van der Waals surface area (Å²) in [7, 11) is 0. The summed E-state index contributed by atoms with van der Waals surface area (Å²) in [5.41, 5.74) is 8.17. The summed E-state index contributed by atoms with van der Waals surface area (Å²) in [6.45, 7) is 1.06. The van der Waals surface area contributed by atoms with Crippen molar-refractivity contribution in [1.82, 2.24) is 0 Å². The van der Waals surface area contributed by atoms with Crippen molar-refractivity contribution in [2.24, 2.45) is 5.73 Å². The van der Waals surface area contributed by atoms with Gasteiger partial charge in [-0.15, -0.1) is 0 Å². The highest BCUT2D eigenvalue weighted by atomic mass is 19.2. The van der Waals surface area contributed by atoms with Gasteiger partial charge in [-0.25, -0.2) is 8.78 Å². The zero-order chi connectivity index (χ0) is 13.0. The Hall–Kier alpha value is -1.94. The van der Waals surface area contributed by atoms with Crippen LogP contribution in [0.3, 0.4) is 0 Å². The van der Waals surface area contributed by atoms with E-state index in [1.807, 2.05) is 24.3 Å². The van der Waals surface area contributed by atoms with Crippen LogP contribution >= 0.6 is 0 Å². The van der Waals surface area contributed by atoms with E-state index in [1.165, 1.54) is 6.07 Å². The molecule has 2 aromatic carbocycles. The molecule has 0 fully saturated rings. The number of nitrogens with two attached hydrogens (primary N) is 1. The molecule has 0 saturated heterocycles. The summed E-state index contributed by atoms with van der Waals surface area (Å²) in [5.74, 6) is -1.69. The quantitative estimate of drug-likeness (QED) is 0.872. The molecule has 0 aliphatic heterocycles. The van der Waals surface area contributed by atoms with Crippen LogP contribution in [0.2, 0.25) is 0 Å². The molecule has 0 atom stereocenters. The SMILES string of the molecule is NCc1ccc(CNc2ccc(F)c(F)c2)cc1. The van der Waals surface area contributed by atoms with E-state index < -0.39 is 11.6 Å². The molecular formula is C14H14F2N2. The van der Waals surface area contributed by atoms with Gasteiger partial charge < -0.3 is 11.1 Å². The number of halogens is 2. The molecule has 0 amide bonds. The first-order chi connectivity index (χ1) is 8.69. The largest absolute Gasteiger partial charge is 0.381 e. The number of anilines is 1. The first kappa shape index (κ1) is 12.5. The molecule has 0 saturated carbocycles. The Kier molecular flexibility index (Phi) is 3.89. The van der Waals surface area contributed by atoms with E-state index in [1.54, 1.807) is 0 Å². The number of rotatable bonds is 4. The van der Waals surface area contributed by atoms with Crippen molar-refractivity contribution in [3.05, 3.63) is 65.2 Å². The van der Waals surface area contributed by atoms with Gasteiger partial charge in [0.15, 0.2) is 11.6 Å². The fourth-order valence-corrected chi connectivity index (χ4v) is 1.60. The van der Waals surface area contributed by atoms with Gasteiger partial charge in [0.05, 0.1) is 0 Å². The maximum Gasteiger partial charge on any atom is 0.160 e. The van der Waals surface area contributed by atoms with Crippen LogP contribution in [-0.4, -0.2) is 0 Å². The average Bonchev–Trinajstić information content (AvgIpc) is 2.41. The van der Waals surface area contributed by atoms with Crippen LogP contribution in [0.25, 0.3) is 0 Å². The topological polar surface area (TPSA) is 38.0 Å². The smallest absolute Gasteiger partial charge is 0.160 e. The van der Waals surface area contributed by atoms with E-state index in [0.717, 1.165) is 23.3 Å². The first-order valence-electron chi connectivity index (χ1n) is 5.66. The molecule has 0 aliphatic rings. The fraction of sp³-hybridized carbons (Fsp3) is 0.143. The molecule has 0 heterocycles. The lowest BCUT2D eigenvalue weighted by atomic mass is 10.1. The van der Waals surface area contributed by atoms with Crippen LogP contribution in [0, 0.1) is 11.6 Å². The molecule has 0 aliphatic carbocycles. The molecule has 0 spiro atoms. The second-order valence-corrected chi connectivity index (χ2v) is 4.00. The van der Waals surface area contributed by atoms with Crippen molar-refractivity contribution in [2.45, 2.75) is 13.1 Å². The summed E-state index contributed by atoms with van der Waals surface area (Å²) < 4.78 is 25.7. The zero-order valence-corrected chi connectivity index (χ0v) is 9.79. The lowest BCUT2D eigenvalue weighted by Crippen LogP contribution is -2.01. The number of benzene rings is 2. The van der Waals surface area contributed by atoms with Crippen molar-refractivity contribution in [3.8, 4) is 0 Å². The Bertz CT molecular complexity index is 524. The number of hydrogen-bond donors (Lipinski definition) is 2. The van der Waals surface area contributed by atoms with E-state index in [2.05, 4.69) is 5.32 Å². The summed E-state index contributed by atoms with van der Waals surface area (Å²) >= 11 is 0. The highest BCUT2D eigenvalue weighted by molar-refractivity contribution is 5.44. The monoisotopic (exact) mass is 248 g/mol. The third-order valence-corrected chi connectivity index (χ3v) is 2.67. The molecule has 2 nitrogen and oxygen atoms in total. The van der Waals surface area contributed by atoms with Crippen molar-refractivity contribution < 1.29 is 8.78 Å². The van der Waals surface area contributed by atoms with Crippen molar-refractivity contribution in [3.63, 3.8) is 0 Å². The molecule has 2 aromatic rings. The average molecular weight is 248 g/mol. The Morgan fingerprint density at radius 2 is 1.56 bits per heavy atom. The lowest BCUT2D eigenvalue weighted by Gasteiger charge is -2.07. The van der Waals surface area contributed by atoms with E-state index >= 15 is 0 Å². The molecule has 4 heteroatoms. The van der Waals surface area contributed by atoms with Crippen molar-refractivity contribution in [2.75, 3.05) is 5.32 Å². The second kappa shape index (κ2) is 5.60. The van der Waals surface area contributed by atoms with Gasteiger partial charge in [0, 0.05) is 24.8 Å². The fourth-order valence-electron chi connectivity index (χ4n) is 1.60. The Morgan fingerprint density at radius 3 is 2.17 bits per heavy atom. The maximum atomic E-state index is 13.0. The van der Waals surface area contributed by atoms with Gasteiger partial charge in [-0.2, -0.15) is 0 Å². The van der Waals surface area contributed by atoms with Gasteiger partial charge in [-0.1, -0.05) is 24.3 Å². The zero-order valence-electron chi connectivity index (χ0n) is 9.79. The maximum absolute atomic E-state index is 13.0. The Balaban J connectivity index is 1.99. The lowest BCUT2D eigenvalue weighted by molar-refractivity contribution is 0.509. The summed E-state index contributed by atoms with van der Waals surface area (Å²) in [6, 6.07) is 11.6. The van der Waals surface area contributed by atoms with Crippen LogP contribution in [0.5, 0.6) is 0 Å². The minimum absolute atomic E-state index is 0.511. The molecule has 18 heavy (non-hydrogen) atoms. The van der Waals surface area contributed by atoms with Gasteiger partial charge in [0.1, 0.15) is 0 Å². The van der Waals surface area contributed by atoms with Crippen LogP contribution in [0.1, 0.15) is 11.1 Å². The van der Waals surface area contributed by atoms with Crippen LogP contribution in [0.15, 0.2) is 42.5 Å². The normalized spacial score (nSPS) is 10.4. The van der Waals surface area contributed by atoms with Gasteiger partial charge in [-0.3, -0.25) is 0 Å². The van der Waals surface area contributed by atoms with Crippen molar-refractivity contribution in [1.29, 1.82) is 0 Å². The highest BCUT2D eigenvalue weighted by Gasteiger charge is 2.02. The Labute approximate surface area is 104 Å². The van der Waals surface area contributed by atoms with E-state index in [0.29, 0.717) is 18.8 Å². The molecule has 94 valence electrons. The molecule has 0 bridgehead atoms. The highest BCUT2D eigenvalue weighted by Crippen LogP contribution is 2.14. The van der Waals surface area contributed by atoms with Gasteiger partial charge >= 0.3 is 0 Å². The van der Waals surface area contributed by atoms with E-state index in [4.69, 9.17) is 5.73 Å². The van der Waals surface area contributed by atoms with Crippen LogP contribution in [-0.2, 0) is 13.1 Å². The molecule has 0 unspecified atom stereocenters. The summed E-state index contributed by atoms with van der Waals surface area (Å²) in [4.78, 5) is 0. The minimum atomic E-state index is -0.849. The molecule has 0 aromatic heterocycles. The summed E-state index contributed by atoms with van der Waals surface area (Å²) in [5, 5.41) is 3.03. The number of nitrogens with one attached hydrogen (secondary N) is 1. The van der Waals surface area contributed by atoms with Crippen molar-refractivity contribution >= 4 is 5.69 Å². The van der Waals surface area contributed by atoms with Gasteiger partial charge in [0.25, 0.3) is 0 Å². The molecular weight excluding hydrogens is 234 g/mol. The minimum Gasteiger partial charge on any atom is -0.381 e. The third-order valence-electron chi connectivity index (χ3n) is 2.67. The molecule has 2 rings (SSSR count). The molecule has 3 N–H and O–H groups in total. The predicted molar refractivity (Wildman–Crippen MR) is 68.0 cm³/mol. The van der Waals surface area contributed by atoms with E-state index in [-0.39, 0.29) is 0 Å². The first-order valence-corrected chi connectivity index (χ1v) is 5.66. The third kappa shape index (κ3) is 3.05. The van der Waals surface area contributed by atoms with Crippen LogP contribution < -0.4 is 11.1 Å².